The van der Waals surface area contributed by atoms with Gasteiger partial charge in [-0.15, -0.1) is 0 Å². The van der Waals surface area contributed by atoms with Crippen molar-refractivity contribution in [2.24, 2.45) is 0 Å². The van der Waals surface area contributed by atoms with E-state index < -0.39 is 53.8 Å². The van der Waals surface area contributed by atoms with Gasteiger partial charge in [0.2, 0.25) is 0 Å². The predicted molar refractivity (Wildman–Crippen MR) is 115 cm³/mol. The number of aromatic nitrogens is 4. The van der Waals surface area contributed by atoms with Crippen LogP contribution in [0, 0.1) is 0 Å². The third-order valence-corrected chi connectivity index (χ3v) is 6.79. The van der Waals surface area contributed by atoms with Crippen molar-refractivity contribution in [3.63, 3.8) is 0 Å². The Bertz CT molecular complexity index is 1460. The van der Waals surface area contributed by atoms with Crippen LogP contribution in [0.5, 0.6) is 0 Å². The Morgan fingerprint density at radius 2 is 1.68 bits per heavy atom. The van der Waals surface area contributed by atoms with Crippen LogP contribution >= 0.6 is 0 Å². The molecule has 3 rings (SSSR count). The molecule has 1 N–H and O–H groups in total. The molecule has 0 saturated heterocycles. The van der Waals surface area contributed by atoms with E-state index in [1.54, 1.807) is 0 Å². The molecule has 10 nitrogen and oxygen atoms in total. The van der Waals surface area contributed by atoms with Crippen LogP contribution < -0.4 is 5.32 Å². The number of nitrogens with zero attached hydrogens (tertiary/aromatic N) is 4. The number of hydrogen-bond donors (Lipinski definition) is 1. The maximum absolute atomic E-state index is 13.2. The van der Waals surface area contributed by atoms with Crippen molar-refractivity contribution in [1.82, 2.24) is 25.1 Å². The van der Waals surface area contributed by atoms with Crippen LogP contribution in [0.3, 0.4) is 0 Å². The van der Waals surface area contributed by atoms with Crippen molar-refractivity contribution in [2.75, 3.05) is 12.5 Å². The van der Waals surface area contributed by atoms with Crippen LogP contribution in [-0.4, -0.2) is 55.0 Å². The predicted octanol–water partition coefficient (Wildman–Crippen LogP) is 2.23. The van der Waals surface area contributed by atoms with E-state index in [0.29, 0.717) is 12.1 Å². The van der Waals surface area contributed by atoms with E-state index in [4.69, 9.17) is 0 Å². The first-order valence-electron chi connectivity index (χ1n) is 9.37. The van der Waals surface area contributed by atoms with Gasteiger partial charge >= 0.3 is 6.18 Å². The first-order valence-corrected chi connectivity index (χ1v) is 13.2. The number of alkyl halides is 3. The van der Waals surface area contributed by atoms with Gasteiger partial charge in [-0.05, 0) is 37.3 Å². The molecule has 0 aliphatic heterocycles. The van der Waals surface area contributed by atoms with Crippen LogP contribution in [0.25, 0.3) is 5.82 Å². The fourth-order valence-corrected chi connectivity index (χ4v) is 4.13. The highest BCUT2D eigenvalue weighted by Gasteiger charge is 2.33. The fourth-order valence-electron chi connectivity index (χ4n) is 2.89. The molecule has 0 aliphatic carbocycles. The molecule has 34 heavy (non-hydrogen) atoms. The van der Waals surface area contributed by atoms with E-state index in [1.807, 2.05) is 0 Å². The van der Waals surface area contributed by atoms with Crippen LogP contribution in [0.2, 0.25) is 0 Å². The maximum Gasteiger partial charge on any atom is 0.416 e. The van der Waals surface area contributed by atoms with E-state index in [0.717, 1.165) is 31.1 Å². The monoisotopic (exact) mass is 519 g/mol. The number of pyridine rings is 1. The number of rotatable bonds is 6. The van der Waals surface area contributed by atoms with Crippen LogP contribution in [-0.2, 0) is 25.9 Å². The van der Waals surface area contributed by atoms with E-state index >= 15 is 0 Å². The standard InChI is InChI=1S/C19H18F3N5O5S2.H2/c1-11(17-24-10-25-27(17)16-5-4-14(9-23-16)33(2,29)30)26-18(28)12-6-13(19(20,21)22)8-15(7-12)34(3,31)32;/h4-11H,1-3H3,(H,26,28);1H/t11-;/m0./s1. The SMILES string of the molecule is C[C@H](NC(=O)c1cc(C(F)(F)F)cc(S(C)(=O)=O)c1)c1ncnn1-c1ccc(S(C)(=O)=O)cn1.[HH]. The Morgan fingerprint density at radius 1 is 1.03 bits per heavy atom. The summed E-state index contributed by atoms with van der Waals surface area (Å²) in [5, 5.41) is 6.44. The second-order valence-electron chi connectivity index (χ2n) is 7.37. The summed E-state index contributed by atoms with van der Waals surface area (Å²) in [5.74, 6) is -0.652. The van der Waals surface area contributed by atoms with Gasteiger partial charge in [0.1, 0.15) is 6.33 Å². The molecule has 0 saturated carbocycles. The van der Waals surface area contributed by atoms with Gasteiger partial charge in [0.05, 0.1) is 21.4 Å². The van der Waals surface area contributed by atoms with Gasteiger partial charge in [0.15, 0.2) is 31.3 Å². The first-order chi connectivity index (χ1) is 15.6. The van der Waals surface area contributed by atoms with E-state index in [1.165, 1.54) is 23.7 Å². The number of amides is 1. The van der Waals surface area contributed by atoms with Gasteiger partial charge in [-0.2, -0.15) is 23.0 Å². The Hall–Kier alpha value is -3.33. The van der Waals surface area contributed by atoms with Crippen molar-refractivity contribution >= 4 is 25.6 Å². The lowest BCUT2D eigenvalue weighted by molar-refractivity contribution is -0.137. The van der Waals surface area contributed by atoms with Crippen LogP contribution in [0.4, 0.5) is 13.2 Å². The summed E-state index contributed by atoms with van der Waals surface area (Å²) in [6.07, 6.45) is -0.848. The number of halogens is 3. The zero-order valence-corrected chi connectivity index (χ0v) is 19.5. The number of benzene rings is 1. The minimum Gasteiger partial charge on any atom is -0.342 e. The molecule has 0 radical (unpaired) electrons. The summed E-state index contributed by atoms with van der Waals surface area (Å²) in [4.78, 5) is 20.1. The van der Waals surface area contributed by atoms with Gasteiger partial charge in [-0.25, -0.2) is 26.8 Å². The number of nitrogens with one attached hydrogen (secondary N) is 1. The number of hydrogen-bond acceptors (Lipinski definition) is 8. The van der Waals surface area contributed by atoms with Gasteiger partial charge < -0.3 is 5.32 Å². The van der Waals surface area contributed by atoms with Crippen molar-refractivity contribution in [2.45, 2.75) is 28.9 Å². The van der Waals surface area contributed by atoms with Gasteiger partial charge in [-0.1, -0.05) is 0 Å². The average Bonchev–Trinajstić information content (AvgIpc) is 3.21. The number of carbonyl (C=O) groups excluding carboxylic acids is 1. The zero-order chi connectivity index (χ0) is 25.5. The summed E-state index contributed by atoms with van der Waals surface area (Å²) < 4.78 is 87.8. The summed E-state index contributed by atoms with van der Waals surface area (Å²) >= 11 is 0. The molecular weight excluding hydrogens is 499 g/mol. The third kappa shape index (κ3) is 5.59. The summed E-state index contributed by atoms with van der Waals surface area (Å²) in [6, 6.07) is 3.63. The Balaban J connectivity index is 0.00000432. The summed E-state index contributed by atoms with van der Waals surface area (Å²) in [7, 11) is -7.50. The topological polar surface area (TPSA) is 141 Å². The minimum absolute atomic E-state index is 0. The molecule has 2 heterocycles. The zero-order valence-electron chi connectivity index (χ0n) is 17.9. The number of carbonyl (C=O) groups is 1. The summed E-state index contributed by atoms with van der Waals surface area (Å²) in [5.41, 5.74) is -1.80. The maximum atomic E-state index is 13.2. The van der Waals surface area contributed by atoms with Crippen molar-refractivity contribution in [1.29, 1.82) is 0 Å². The molecule has 1 aromatic carbocycles. The Morgan fingerprint density at radius 3 is 2.21 bits per heavy atom. The second kappa shape index (κ2) is 8.79. The third-order valence-electron chi connectivity index (χ3n) is 4.60. The molecule has 0 unspecified atom stereocenters. The fraction of sp³-hybridized carbons (Fsp3) is 0.263. The molecular formula is C19H20F3N5O5S2. The molecule has 0 aliphatic rings. The normalized spacial score (nSPS) is 13.5. The quantitative estimate of drug-likeness (QED) is 0.523. The van der Waals surface area contributed by atoms with Crippen molar-refractivity contribution in [3.05, 3.63) is 59.8 Å². The molecule has 15 heteroatoms. The molecule has 184 valence electrons. The molecule has 0 spiro atoms. The van der Waals surface area contributed by atoms with Crippen LogP contribution in [0.15, 0.2) is 52.6 Å². The Kier molecular flexibility index (Phi) is 6.54. The molecule has 0 fully saturated rings. The number of sulfone groups is 2. The van der Waals surface area contributed by atoms with Gasteiger partial charge in [0, 0.05) is 25.7 Å². The largest absolute Gasteiger partial charge is 0.416 e. The highest BCUT2D eigenvalue weighted by Crippen LogP contribution is 2.32. The van der Waals surface area contributed by atoms with E-state index in [-0.39, 0.29) is 18.0 Å². The second-order valence-corrected chi connectivity index (χ2v) is 11.4. The lowest BCUT2D eigenvalue weighted by atomic mass is 10.1. The molecule has 1 atom stereocenters. The average molecular weight is 520 g/mol. The Labute approximate surface area is 194 Å². The lowest BCUT2D eigenvalue weighted by Gasteiger charge is -2.16. The van der Waals surface area contributed by atoms with Crippen molar-refractivity contribution in [3.8, 4) is 5.82 Å². The smallest absolute Gasteiger partial charge is 0.342 e. The first kappa shape index (κ1) is 25.3. The van der Waals surface area contributed by atoms with Crippen molar-refractivity contribution < 1.29 is 36.2 Å². The van der Waals surface area contributed by atoms with E-state index in [9.17, 15) is 34.8 Å². The lowest BCUT2D eigenvalue weighted by Crippen LogP contribution is -2.29. The molecule has 1 amide bonds. The van der Waals surface area contributed by atoms with Gasteiger partial charge in [0.25, 0.3) is 5.91 Å². The molecule has 2 aromatic heterocycles. The summed E-state index contributed by atoms with van der Waals surface area (Å²) in [6.45, 7) is 1.48. The molecule has 3 aromatic rings. The highest BCUT2D eigenvalue weighted by atomic mass is 32.2. The van der Waals surface area contributed by atoms with Crippen LogP contribution in [0.1, 0.15) is 36.1 Å². The highest BCUT2D eigenvalue weighted by molar-refractivity contribution is 7.91. The van der Waals surface area contributed by atoms with E-state index in [2.05, 4.69) is 20.4 Å². The minimum atomic E-state index is -4.87. The van der Waals surface area contributed by atoms with Gasteiger partial charge in [-0.3, -0.25) is 4.79 Å². The molecule has 0 bridgehead atoms.